The molecule has 0 spiro atoms. The summed E-state index contributed by atoms with van der Waals surface area (Å²) >= 11 is 0. The maximum atomic E-state index is 4.84. The van der Waals surface area contributed by atoms with E-state index in [9.17, 15) is 0 Å². The second kappa shape index (κ2) is 11.5. The number of rotatable bonds is 6. The zero-order valence-corrected chi connectivity index (χ0v) is 20.2. The Hall–Kier alpha value is -0.900. The molecular weight excluding hydrogens is 477 g/mol. The number of aromatic nitrogens is 3. The number of likely N-dealkylation sites (tertiary alicyclic amines) is 1. The van der Waals surface area contributed by atoms with Gasteiger partial charge >= 0.3 is 0 Å². The third-order valence-corrected chi connectivity index (χ3v) is 6.54. The lowest BCUT2D eigenvalue weighted by molar-refractivity contribution is 0.242. The van der Waals surface area contributed by atoms with Gasteiger partial charge in [0.15, 0.2) is 5.96 Å². The Kier molecular flexibility index (Phi) is 9.02. The van der Waals surface area contributed by atoms with E-state index in [-0.39, 0.29) is 24.0 Å². The van der Waals surface area contributed by atoms with E-state index in [2.05, 4.69) is 37.2 Å². The molecule has 2 N–H and O–H groups in total. The molecular formula is C21H38IN7. The van der Waals surface area contributed by atoms with E-state index in [1.165, 1.54) is 63.7 Å². The predicted molar refractivity (Wildman–Crippen MR) is 128 cm³/mol. The molecule has 3 heterocycles. The quantitative estimate of drug-likeness (QED) is 0.347. The molecule has 1 aliphatic carbocycles. The summed E-state index contributed by atoms with van der Waals surface area (Å²) in [7, 11) is 0. The van der Waals surface area contributed by atoms with Gasteiger partial charge in [-0.2, -0.15) is 0 Å². The Morgan fingerprint density at radius 2 is 1.93 bits per heavy atom. The van der Waals surface area contributed by atoms with Gasteiger partial charge in [-0.1, -0.05) is 19.3 Å². The Labute approximate surface area is 192 Å². The Morgan fingerprint density at radius 3 is 2.76 bits per heavy atom. The molecule has 0 aromatic carbocycles. The van der Waals surface area contributed by atoms with Gasteiger partial charge in [-0.15, -0.1) is 34.2 Å². The number of nitrogens with one attached hydrogen (secondary N) is 2. The lowest BCUT2D eigenvalue weighted by Gasteiger charge is -2.24. The Balaban J connectivity index is 0.00000240. The van der Waals surface area contributed by atoms with Crippen molar-refractivity contribution in [3.8, 4) is 0 Å². The molecule has 4 rings (SSSR count). The molecule has 0 radical (unpaired) electrons. The van der Waals surface area contributed by atoms with Crippen LogP contribution in [0.2, 0.25) is 0 Å². The summed E-state index contributed by atoms with van der Waals surface area (Å²) in [6, 6.07) is 1.34. The van der Waals surface area contributed by atoms with Gasteiger partial charge < -0.3 is 15.2 Å². The smallest absolute Gasteiger partial charge is 0.191 e. The standard InChI is InChI=1S/C21H37N7.HI/c1-2-22-21(24-17-12-15-27(16-17)18-8-5-6-9-18)23-13-11-20-26-25-19-10-4-3-7-14-28(19)20;/h17-18H,2-16H2,1H3,(H2,22,23,24);1H. The number of aryl methyl sites for hydroxylation is 1. The maximum absolute atomic E-state index is 4.84. The van der Waals surface area contributed by atoms with Crippen LogP contribution in [0.15, 0.2) is 4.99 Å². The topological polar surface area (TPSA) is 70.4 Å². The number of guanidine groups is 1. The Bertz CT molecular complexity index is 653. The molecule has 7 nitrogen and oxygen atoms in total. The summed E-state index contributed by atoms with van der Waals surface area (Å²) < 4.78 is 2.33. The number of fused-ring (bicyclic) bond motifs is 1. The lowest BCUT2D eigenvalue weighted by Crippen LogP contribution is -2.45. The molecule has 0 amide bonds. The summed E-state index contributed by atoms with van der Waals surface area (Å²) in [5.74, 6) is 3.22. The lowest BCUT2D eigenvalue weighted by atomic mass is 10.2. The predicted octanol–water partition coefficient (Wildman–Crippen LogP) is 2.74. The van der Waals surface area contributed by atoms with E-state index in [0.29, 0.717) is 6.04 Å². The first-order valence-electron chi connectivity index (χ1n) is 11.5. The highest BCUT2D eigenvalue weighted by molar-refractivity contribution is 14.0. The zero-order chi connectivity index (χ0) is 19.2. The van der Waals surface area contributed by atoms with Gasteiger partial charge in [0.25, 0.3) is 0 Å². The third-order valence-electron chi connectivity index (χ3n) is 6.54. The van der Waals surface area contributed by atoms with E-state index in [0.717, 1.165) is 56.8 Å². The normalized spacial score (nSPS) is 23.5. The van der Waals surface area contributed by atoms with Crippen molar-refractivity contribution in [2.75, 3.05) is 26.2 Å². The molecule has 1 saturated heterocycles. The molecule has 1 unspecified atom stereocenters. The van der Waals surface area contributed by atoms with Crippen LogP contribution in [0, 0.1) is 0 Å². The number of hydrogen-bond acceptors (Lipinski definition) is 4. The highest BCUT2D eigenvalue weighted by Crippen LogP contribution is 2.26. The first-order chi connectivity index (χ1) is 13.8. The van der Waals surface area contributed by atoms with Crippen molar-refractivity contribution in [3.05, 3.63) is 11.6 Å². The minimum absolute atomic E-state index is 0. The maximum Gasteiger partial charge on any atom is 0.191 e. The fraction of sp³-hybridized carbons (Fsp3) is 0.857. The van der Waals surface area contributed by atoms with Crippen molar-refractivity contribution in [1.82, 2.24) is 30.3 Å². The van der Waals surface area contributed by atoms with E-state index >= 15 is 0 Å². The van der Waals surface area contributed by atoms with Crippen LogP contribution in [0.5, 0.6) is 0 Å². The third kappa shape index (κ3) is 6.06. The number of nitrogens with zero attached hydrogens (tertiary/aromatic N) is 5. The minimum atomic E-state index is 0. The second-order valence-electron chi connectivity index (χ2n) is 8.57. The molecule has 3 aliphatic rings. The van der Waals surface area contributed by atoms with Crippen molar-refractivity contribution in [1.29, 1.82) is 0 Å². The zero-order valence-electron chi connectivity index (χ0n) is 17.9. The largest absolute Gasteiger partial charge is 0.357 e. The monoisotopic (exact) mass is 515 g/mol. The van der Waals surface area contributed by atoms with Crippen LogP contribution in [0.25, 0.3) is 0 Å². The van der Waals surface area contributed by atoms with Gasteiger partial charge in [-0.25, -0.2) is 0 Å². The van der Waals surface area contributed by atoms with E-state index in [1.54, 1.807) is 0 Å². The van der Waals surface area contributed by atoms with Crippen LogP contribution in [0.3, 0.4) is 0 Å². The average Bonchev–Trinajstić information content (AvgIpc) is 3.42. The van der Waals surface area contributed by atoms with Crippen LogP contribution < -0.4 is 10.6 Å². The molecule has 1 aromatic rings. The molecule has 0 bridgehead atoms. The second-order valence-corrected chi connectivity index (χ2v) is 8.57. The van der Waals surface area contributed by atoms with Crippen LogP contribution in [-0.4, -0.2) is 63.9 Å². The Morgan fingerprint density at radius 1 is 1.07 bits per heavy atom. The summed E-state index contributed by atoms with van der Waals surface area (Å²) in [5, 5.41) is 15.9. The summed E-state index contributed by atoms with van der Waals surface area (Å²) in [4.78, 5) is 7.54. The van der Waals surface area contributed by atoms with Crippen LogP contribution in [-0.2, 0) is 19.4 Å². The van der Waals surface area contributed by atoms with E-state index < -0.39 is 0 Å². The van der Waals surface area contributed by atoms with Gasteiger partial charge in [0.2, 0.25) is 0 Å². The van der Waals surface area contributed by atoms with E-state index in [1.807, 2.05) is 0 Å². The van der Waals surface area contributed by atoms with Gasteiger partial charge in [0.05, 0.1) is 0 Å². The number of halogens is 1. The summed E-state index contributed by atoms with van der Waals surface area (Å²) in [5.41, 5.74) is 0. The number of aliphatic imine (C=N–C) groups is 1. The molecule has 8 heteroatoms. The summed E-state index contributed by atoms with van der Waals surface area (Å²) in [6.45, 7) is 7.24. The molecule has 2 fully saturated rings. The SMILES string of the molecule is CCNC(=NCCc1nnc2n1CCCCC2)NC1CCN(C2CCCC2)C1.I. The average molecular weight is 515 g/mol. The molecule has 1 atom stereocenters. The molecule has 29 heavy (non-hydrogen) atoms. The minimum Gasteiger partial charge on any atom is -0.357 e. The van der Waals surface area contributed by atoms with Gasteiger partial charge in [0.1, 0.15) is 11.6 Å². The van der Waals surface area contributed by atoms with Gasteiger partial charge in [-0.3, -0.25) is 9.89 Å². The molecule has 1 saturated carbocycles. The van der Waals surface area contributed by atoms with Crippen molar-refractivity contribution in [3.63, 3.8) is 0 Å². The first-order valence-corrected chi connectivity index (χ1v) is 11.5. The fourth-order valence-corrected chi connectivity index (χ4v) is 5.02. The van der Waals surface area contributed by atoms with Crippen molar-refractivity contribution >= 4 is 29.9 Å². The van der Waals surface area contributed by atoms with Crippen LogP contribution in [0.1, 0.15) is 69.9 Å². The van der Waals surface area contributed by atoms with Crippen LogP contribution in [0.4, 0.5) is 0 Å². The van der Waals surface area contributed by atoms with Crippen LogP contribution >= 0.6 is 24.0 Å². The molecule has 2 aliphatic heterocycles. The van der Waals surface area contributed by atoms with Gasteiger partial charge in [0, 0.05) is 57.6 Å². The van der Waals surface area contributed by atoms with Gasteiger partial charge in [-0.05, 0) is 39.0 Å². The fourth-order valence-electron chi connectivity index (χ4n) is 5.02. The van der Waals surface area contributed by atoms with E-state index in [4.69, 9.17) is 4.99 Å². The highest BCUT2D eigenvalue weighted by atomic mass is 127. The van der Waals surface area contributed by atoms with Crippen molar-refractivity contribution in [2.45, 2.75) is 89.8 Å². The van der Waals surface area contributed by atoms with Crippen molar-refractivity contribution < 1.29 is 0 Å². The van der Waals surface area contributed by atoms with Crippen molar-refractivity contribution in [2.24, 2.45) is 4.99 Å². The first kappa shape index (κ1) is 22.8. The summed E-state index contributed by atoms with van der Waals surface area (Å²) in [6.07, 6.45) is 12.5. The number of hydrogen-bond donors (Lipinski definition) is 2. The molecule has 164 valence electrons. The highest BCUT2D eigenvalue weighted by Gasteiger charge is 2.30. The molecule has 1 aromatic heterocycles.